The van der Waals surface area contributed by atoms with E-state index in [4.69, 9.17) is 42.9 Å². The first-order valence-corrected chi connectivity index (χ1v) is 22.3. The predicted molar refractivity (Wildman–Crippen MR) is 254 cm³/mol. The van der Waals surface area contributed by atoms with Crippen molar-refractivity contribution in [3.8, 4) is 34.0 Å². The number of hydrogen-bond donors (Lipinski definition) is 4. The molecule has 2 aliphatic carbocycles. The fourth-order valence-corrected chi connectivity index (χ4v) is 8.93. The molecule has 4 N–H and O–H groups in total. The fourth-order valence-electron chi connectivity index (χ4n) is 8.59. The van der Waals surface area contributed by atoms with Gasteiger partial charge in [0, 0.05) is 58.4 Å². The Morgan fingerprint density at radius 2 is 1.07 bits per heavy atom. The molecule has 0 radical (unpaired) electrons. The molecule has 2 saturated carbocycles. The van der Waals surface area contributed by atoms with Crippen molar-refractivity contribution in [2.45, 2.75) is 83.1 Å². The number of nitrogens with one attached hydrogen (secondary N) is 2. The number of anilines is 2. The van der Waals surface area contributed by atoms with E-state index in [1.165, 1.54) is 21.4 Å². The molecule has 10 rings (SSSR count). The van der Waals surface area contributed by atoms with Gasteiger partial charge in [-0.1, -0.05) is 56.3 Å². The molecule has 67 heavy (non-hydrogen) atoms. The summed E-state index contributed by atoms with van der Waals surface area (Å²) >= 11 is 12.5. The van der Waals surface area contributed by atoms with Gasteiger partial charge in [0.05, 0.1) is 62.3 Å². The number of ether oxygens (including phenoxy) is 2. The molecule has 6 heterocycles. The third kappa shape index (κ3) is 9.69. The summed E-state index contributed by atoms with van der Waals surface area (Å²) in [4.78, 5) is 34.9. The van der Waals surface area contributed by atoms with Crippen LogP contribution >= 0.6 is 23.2 Å². The van der Waals surface area contributed by atoms with E-state index < -0.39 is 12.2 Å². The van der Waals surface area contributed by atoms with E-state index in [1.807, 2.05) is 0 Å². The molecule has 8 aromatic rings. The molecule has 4 atom stereocenters. The first kappa shape index (κ1) is 46.7. The van der Waals surface area contributed by atoms with Crippen molar-refractivity contribution in [3.63, 3.8) is 0 Å². The molecule has 0 spiro atoms. The smallest absolute Gasteiger partial charge is 0.261 e. The molecule has 2 aliphatic rings. The van der Waals surface area contributed by atoms with E-state index in [1.54, 1.807) is 109 Å². The molecule has 2 fully saturated rings. The largest absolute Gasteiger partial charge is 0.496 e. The van der Waals surface area contributed by atoms with Crippen molar-refractivity contribution < 1.29 is 29.3 Å². The highest BCUT2D eigenvalue weighted by molar-refractivity contribution is 6.31. The fraction of sp³-hybridized carbons (Fsp3) is 0.319. The Kier molecular flexibility index (Phi) is 14.2. The highest BCUT2D eigenvalue weighted by atomic mass is 35.5. The number of carbonyl (C=O) groups is 2. The number of carbonyl (C=O) groups excluding carboxylic acids is 2. The minimum atomic E-state index is -0.500. The molecular weight excluding hydrogens is 900 g/mol. The second-order valence-electron chi connectivity index (χ2n) is 16.1. The van der Waals surface area contributed by atoms with Gasteiger partial charge in [-0.15, -0.1) is 0 Å². The van der Waals surface area contributed by atoms with Gasteiger partial charge in [-0.3, -0.25) is 19.0 Å². The molecule has 0 saturated heterocycles. The van der Waals surface area contributed by atoms with Crippen LogP contribution in [0.3, 0.4) is 0 Å². The van der Waals surface area contributed by atoms with Crippen LogP contribution in [0.15, 0.2) is 98.1 Å². The standard InChI is InChI=1S/2C23H23ClN6O3.CH4/c2*1-33-20-8-7-14(24)11-15(20)21-17(13-30(28-21)18-5-2-3-6-19(18)31)27-23(32)16-12-26-29-10-4-9-25-22(16)29;/h2*4,7-13,18-19,31H,2-3,5-6H2,1H3,(H,27,32);1H4/t2*18-,19+;/m10./s1. The number of halogens is 2. The Balaban J connectivity index is 0.000000179. The summed E-state index contributed by atoms with van der Waals surface area (Å²) in [5.41, 5.74) is 4.83. The lowest BCUT2D eigenvalue weighted by Gasteiger charge is -2.27. The summed E-state index contributed by atoms with van der Waals surface area (Å²) in [6.07, 6.45) is 19.2. The van der Waals surface area contributed by atoms with Gasteiger partial charge in [0.25, 0.3) is 11.8 Å². The molecule has 0 unspecified atom stereocenters. The monoisotopic (exact) mass is 948 g/mol. The SMILES string of the molecule is C.COc1ccc(Cl)cc1-c1nn([C@@H]2CCCC[C@@H]2O)cc1NC(=O)c1cnn2cccnc12.COc1ccc(Cl)cc1-c1nn([C@H]2CCCC[C@H]2O)cc1NC(=O)c1cnn2cccnc12. The van der Waals surface area contributed by atoms with Crippen LogP contribution in [0.25, 0.3) is 33.8 Å². The van der Waals surface area contributed by atoms with Crippen molar-refractivity contribution >= 4 is 57.7 Å². The normalized spacial score (nSPS) is 18.1. The molecule has 2 amide bonds. The maximum absolute atomic E-state index is 13.2. The average Bonchev–Trinajstić information content (AvgIpc) is 4.15. The minimum Gasteiger partial charge on any atom is -0.496 e. The van der Waals surface area contributed by atoms with Crippen LogP contribution in [-0.2, 0) is 0 Å². The first-order valence-electron chi connectivity index (χ1n) is 21.5. The highest BCUT2D eigenvalue weighted by Crippen LogP contribution is 2.40. The second kappa shape index (κ2) is 20.3. The van der Waals surface area contributed by atoms with Crippen molar-refractivity contribution in [2.24, 2.45) is 0 Å². The summed E-state index contributed by atoms with van der Waals surface area (Å²) in [5.74, 6) is 0.411. The Morgan fingerprint density at radius 3 is 1.48 bits per heavy atom. The van der Waals surface area contributed by atoms with Crippen LogP contribution in [0.5, 0.6) is 11.5 Å². The Bertz CT molecular complexity index is 2840. The summed E-state index contributed by atoms with van der Waals surface area (Å²) in [7, 11) is 3.13. The molecule has 348 valence electrons. The van der Waals surface area contributed by atoms with Gasteiger partial charge in [-0.2, -0.15) is 20.4 Å². The summed E-state index contributed by atoms with van der Waals surface area (Å²) in [5, 5.41) is 46.0. The zero-order valence-corrected chi connectivity index (χ0v) is 37.5. The van der Waals surface area contributed by atoms with Gasteiger partial charge in [-0.25, -0.2) is 19.0 Å². The lowest BCUT2D eigenvalue weighted by atomic mass is 9.93. The Labute approximate surface area is 395 Å². The molecule has 2 aromatic carbocycles. The van der Waals surface area contributed by atoms with Crippen LogP contribution in [0.2, 0.25) is 10.0 Å². The quantitative estimate of drug-likeness (QED) is 0.101. The van der Waals surface area contributed by atoms with Crippen LogP contribution in [-0.4, -0.2) is 97.2 Å². The van der Waals surface area contributed by atoms with E-state index in [0.29, 0.717) is 77.9 Å². The lowest BCUT2D eigenvalue weighted by Crippen LogP contribution is -2.27. The molecular formula is C47H50Cl2N12O6. The third-order valence-electron chi connectivity index (χ3n) is 11.9. The Morgan fingerprint density at radius 1 is 0.657 bits per heavy atom. The molecule has 0 bridgehead atoms. The number of rotatable bonds is 10. The van der Waals surface area contributed by atoms with Gasteiger partial charge in [-0.05, 0) is 74.2 Å². The van der Waals surface area contributed by atoms with Gasteiger partial charge in [0.1, 0.15) is 34.0 Å². The van der Waals surface area contributed by atoms with Crippen molar-refractivity contribution in [1.29, 1.82) is 0 Å². The zero-order chi connectivity index (χ0) is 45.9. The molecule has 18 nitrogen and oxygen atoms in total. The van der Waals surface area contributed by atoms with Crippen LogP contribution in [0.1, 0.15) is 91.6 Å². The number of amides is 2. The minimum absolute atomic E-state index is 0. The van der Waals surface area contributed by atoms with Crippen LogP contribution < -0.4 is 20.1 Å². The maximum Gasteiger partial charge on any atom is 0.261 e. The maximum atomic E-state index is 13.2. The van der Waals surface area contributed by atoms with Crippen molar-refractivity contribution in [2.75, 3.05) is 24.9 Å². The summed E-state index contributed by atoms with van der Waals surface area (Å²) in [6.45, 7) is 0. The van der Waals surface area contributed by atoms with Crippen molar-refractivity contribution in [1.82, 2.24) is 48.8 Å². The summed E-state index contributed by atoms with van der Waals surface area (Å²) in [6, 6.07) is 13.6. The van der Waals surface area contributed by atoms with Crippen LogP contribution in [0, 0.1) is 0 Å². The van der Waals surface area contributed by atoms with E-state index in [-0.39, 0.29) is 31.3 Å². The number of fused-ring (bicyclic) bond motifs is 2. The average molecular weight is 950 g/mol. The molecule has 6 aromatic heterocycles. The summed E-state index contributed by atoms with van der Waals surface area (Å²) < 4.78 is 17.6. The zero-order valence-electron chi connectivity index (χ0n) is 36.0. The predicted octanol–water partition coefficient (Wildman–Crippen LogP) is 8.60. The van der Waals surface area contributed by atoms with Crippen molar-refractivity contribution in [3.05, 3.63) is 119 Å². The molecule has 20 heteroatoms. The molecule has 0 aliphatic heterocycles. The van der Waals surface area contributed by atoms with E-state index in [2.05, 4.69) is 30.8 Å². The number of nitrogens with zero attached hydrogens (tertiary/aromatic N) is 10. The van der Waals surface area contributed by atoms with Gasteiger partial charge >= 0.3 is 0 Å². The number of aromatic nitrogens is 10. The first-order chi connectivity index (χ1) is 32.1. The van der Waals surface area contributed by atoms with E-state index in [0.717, 1.165) is 51.4 Å². The van der Waals surface area contributed by atoms with E-state index in [9.17, 15) is 19.8 Å². The number of benzene rings is 2. The Hall–Kier alpha value is -6.86. The number of hydrogen-bond acceptors (Lipinski definition) is 12. The third-order valence-corrected chi connectivity index (χ3v) is 12.4. The van der Waals surface area contributed by atoms with Gasteiger partial charge in [0.15, 0.2) is 11.3 Å². The number of aliphatic hydroxyl groups is 2. The van der Waals surface area contributed by atoms with Crippen LogP contribution in [0.4, 0.5) is 11.4 Å². The van der Waals surface area contributed by atoms with E-state index >= 15 is 0 Å². The lowest BCUT2D eigenvalue weighted by molar-refractivity contribution is 0.0694. The van der Waals surface area contributed by atoms with Gasteiger partial charge in [0.2, 0.25) is 0 Å². The second-order valence-corrected chi connectivity index (χ2v) is 16.9. The number of methoxy groups -OCH3 is 2. The number of aliphatic hydroxyl groups excluding tert-OH is 2. The topological polar surface area (TPSA) is 213 Å². The highest BCUT2D eigenvalue weighted by Gasteiger charge is 2.30. The van der Waals surface area contributed by atoms with Gasteiger partial charge < -0.3 is 30.3 Å².